The van der Waals surface area contributed by atoms with E-state index in [1.54, 1.807) is 25.1 Å². The average molecular weight is 488 g/mol. The first-order chi connectivity index (χ1) is 16.1. The second-order valence-corrected chi connectivity index (χ2v) is 9.29. The molecule has 0 saturated heterocycles. The fourth-order valence-corrected chi connectivity index (χ4v) is 4.89. The van der Waals surface area contributed by atoms with Crippen molar-refractivity contribution in [3.05, 3.63) is 89.1 Å². The Kier molecular flexibility index (Phi) is 6.06. The lowest BCUT2D eigenvalue weighted by Gasteiger charge is -2.15. The lowest BCUT2D eigenvalue weighted by molar-refractivity contribution is 0.148. The number of hydrogen-bond acceptors (Lipinski definition) is 4. The van der Waals surface area contributed by atoms with Crippen LogP contribution in [0.3, 0.4) is 0 Å². The van der Waals surface area contributed by atoms with Gasteiger partial charge in [0.25, 0.3) is 10.0 Å². The molecule has 1 aromatic heterocycles. The molecule has 174 valence electrons. The van der Waals surface area contributed by atoms with Crippen LogP contribution in [0.5, 0.6) is 11.5 Å². The molecule has 3 aromatic carbocycles. The largest absolute Gasteiger partial charge is 0.454 e. The first-order valence-electron chi connectivity index (χ1n) is 9.92. The van der Waals surface area contributed by atoms with Crippen molar-refractivity contribution in [1.82, 2.24) is 3.97 Å². The highest BCUT2D eigenvalue weighted by Crippen LogP contribution is 2.37. The second-order valence-electron chi connectivity index (χ2n) is 7.48. The number of benzene rings is 3. The molecule has 0 radical (unpaired) electrons. The number of aryl methyl sites for hydroxylation is 1. The maximum atomic E-state index is 15.2. The monoisotopic (exact) mass is 488 g/mol. The zero-order chi connectivity index (χ0) is 24.6. The summed E-state index contributed by atoms with van der Waals surface area (Å²) in [4.78, 5) is -0.0536. The quantitative estimate of drug-likeness (QED) is 0.315. The number of rotatable bonds is 6. The van der Waals surface area contributed by atoms with Crippen molar-refractivity contribution < 1.29 is 30.7 Å². The molecule has 10 heteroatoms. The minimum absolute atomic E-state index is 0.0509. The normalized spacial score (nSPS) is 11.7. The van der Waals surface area contributed by atoms with Crippen LogP contribution in [-0.2, 0) is 16.4 Å². The van der Waals surface area contributed by atoms with E-state index in [0.29, 0.717) is 0 Å². The Bertz CT molecular complexity index is 1540. The van der Waals surface area contributed by atoms with Crippen molar-refractivity contribution in [2.45, 2.75) is 24.7 Å². The topological polar surface area (TPSA) is 72.1 Å². The molecule has 0 bridgehead atoms. The molecular formula is C24H16F4N2O3S. The summed E-state index contributed by atoms with van der Waals surface area (Å²) >= 11 is 0. The molecule has 0 amide bonds. The van der Waals surface area contributed by atoms with Gasteiger partial charge in [0.1, 0.15) is 17.6 Å². The summed E-state index contributed by atoms with van der Waals surface area (Å²) in [5.74, 6) is -2.62. The van der Waals surface area contributed by atoms with E-state index in [1.807, 2.05) is 0 Å². The summed E-state index contributed by atoms with van der Waals surface area (Å²) in [5, 5.41) is 9.04. The molecule has 4 aromatic rings. The molecule has 0 saturated carbocycles. The van der Waals surface area contributed by atoms with Crippen molar-refractivity contribution in [2.24, 2.45) is 0 Å². The molecule has 0 spiro atoms. The number of aromatic nitrogens is 1. The first kappa shape index (κ1) is 23.3. The van der Waals surface area contributed by atoms with Gasteiger partial charge in [0.2, 0.25) is 6.43 Å². The lowest BCUT2D eigenvalue weighted by atomic mass is 10.1. The number of nitriles is 1. The van der Waals surface area contributed by atoms with Crippen molar-refractivity contribution in [3.63, 3.8) is 0 Å². The zero-order valence-electron chi connectivity index (χ0n) is 17.6. The predicted molar refractivity (Wildman–Crippen MR) is 117 cm³/mol. The van der Waals surface area contributed by atoms with Gasteiger partial charge in [-0.3, -0.25) is 0 Å². The van der Waals surface area contributed by atoms with Gasteiger partial charge in [-0.15, -0.1) is 0 Å². The molecule has 0 N–H and O–H groups in total. The van der Waals surface area contributed by atoms with Crippen LogP contribution in [0.4, 0.5) is 17.6 Å². The summed E-state index contributed by atoms with van der Waals surface area (Å²) < 4.78 is 88.2. The molecule has 0 atom stereocenters. The minimum Gasteiger partial charge on any atom is -0.454 e. The van der Waals surface area contributed by atoms with Crippen molar-refractivity contribution in [2.75, 3.05) is 0 Å². The molecule has 0 unspecified atom stereocenters. The smallest absolute Gasteiger partial charge is 0.268 e. The molecule has 0 fully saturated rings. The van der Waals surface area contributed by atoms with E-state index in [4.69, 9.17) is 10.00 Å². The fraction of sp³-hybridized carbons (Fsp3) is 0.125. The van der Waals surface area contributed by atoms with Crippen molar-refractivity contribution in [3.8, 4) is 17.6 Å². The van der Waals surface area contributed by atoms with E-state index < -0.39 is 40.3 Å². The molecule has 5 nitrogen and oxygen atoms in total. The summed E-state index contributed by atoms with van der Waals surface area (Å²) in [5.41, 5.74) is 0.0667. The predicted octanol–water partition coefficient (Wildman–Crippen LogP) is 5.94. The van der Waals surface area contributed by atoms with Gasteiger partial charge in [-0.25, -0.2) is 30.0 Å². The van der Waals surface area contributed by atoms with Crippen LogP contribution in [0.15, 0.2) is 65.7 Å². The molecule has 0 aliphatic carbocycles. The van der Waals surface area contributed by atoms with Crippen LogP contribution < -0.4 is 4.74 Å². The van der Waals surface area contributed by atoms with Crippen LogP contribution in [0, 0.1) is 29.9 Å². The SMILES string of the molecule is Cc1ccc(S(=O)(=O)n2ccc3c(CC(F)F)c(Oc4ccc(F)c(C#N)c4)c(F)cc32)cc1. The Morgan fingerprint density at radius 3 is 2.38 bits per heavy atom. The minimum atomic E-state index is -4.14. The van der Waals surface area contributed by atoms with E-state index in [0.717, 1.165) is 40.0 Å². The van der Waals surface area contributed by atoms with Gasteiger partial charge < -0.3 is 4.74 Å². The van der Waals surface area contributed by atoms with E-state index in [2.05, 4.69) is 0 Å². The third-order valence-electron chi connectivity index (χ3n) is 5.18. The fourth-order valence-electron chi connectivity index (χ4n) is 3.55. The number of alkyl halides is 2. The first-order valence-corrected chi connectivity index (χ1v) is 11.4. The standard InChI is InChI=1S/C24H16F4N2O3S/c1-14-2-5-17(6-3-14)34(31,32)30-9-8-18-19(11-23(27)28)24(21(26)12-22(18)30)33-16-4-7-20(25)15(10-16)13-29/h2-10,12,23H,11H2,1H3. The van der Waals surface area contributed by atoms with Gasteiger partial charge in [-0.2, -0.15) is 5.26 Å². The van der Waals surface area contributed by atoms with E-state index in [1.165, 1.54) is 18.2 Å². The summed E-state index contributed by atoms with van der Waals surface area (Å²) in [7, 11) is -4.14. The highest BCUT2D eigenvalue weighted by molar-refractivity contribution is 7.90. The Hall–Kier alpha value is -3.84. The van der Waals surface area contributed by atoms with Crippen LogP contribution in [0.2, 0.25) is 0 Å². The summed E-state index contributed by atoms with van der Waals surface area (Å²) in [6.07, 6.45) is -2.67. The summed E-state index contributed by atoms with van der Waals surface area (Å²) in [6, 6.07) is 12.8. The Balaban J connectivity index is 1.89. The Morgan fingerprint density at radius 1 is 1.03 bits per heavy atom. The number of hydrogen-bond donors (Lipinski definition) is 0. The molecule has 0 aliphatic heterocycles. The maximum Gasteiger partial charge on any atom is 0.268 e. The van der Waals surface area contributed by atoms with Gasteiger partial charge >= 0.3 is 0 Å². The van der Waals surface area contributed by atoms with Crippen molar-refractivity contribution >= 4 is 20.9 Å². The number of fused-ring (bicyclic) bond motifs is 1. The van der Waals surface area contributed by atoms with Gasteiger partial charge in [-0.1, -0.05) is 17.7 Å². The Morgan fingerprint density at radius 2 is 1.74 bits per heavy atom. The van der Waals surface area contributed by atoms with E-state index in [-0.39, 0.29) is 32.7 Å². The maximum absolute atomic E-state index is 15.2. The molecular weight excluding hydrogens is 472 g/mol. The zero-order valence-corrected chi connectivity index (χ0v) is 18.4. The molecule has 1 heterocycles. The van der Waals surface area contributed by atoms with Crippen molar-refractivity contribution in [1.29, 1.82) is 5.26 Å². The third-order valence-corrected chi connectivity index (χ3v) is 6.89. The number of nitrogens with zero attached hydrogens (tertiary/aromatic N) is 2. The number of ether oxygens (including phenoxy) is 1. The van der Waals surface area contributed by atoms with E-state index in [9.17, 15) is 21.6 Å². The average Bonchev–Trinajstić information content (AvgIpc) is 3.21. The van der Waals surface area contributed by atoms with Crippen LogP contribution in [0.25, 0.3) is 10.9 Å². The number of halogens is 4. The van der Waals surface area contributed by atoms with Gasteiger partial charge in [0.15, 0.2) is 11.6 Å². The molecule has 4 rings (SSSR count). The van der Waals surface area contributed by atoms with Crippen LogP contribution in [0.1, 0.15) is 16.7 Å². The Labute approximate surface area is 192 Å². The highest BCUT2D eigenvalue weighted by atomic mass is 32.2. The third kappa shape index (κ3) is 4.22. The molecule has 0 aliphatic rings. The van der Waals surface area contributed by atoms with Gasteiger partial charge in [-0.05, 0) is 37.3 Å². The van der Waals surface area contributed by atoms with E-state index >= 15 is 4.39 Å². The summed E-state index contributed by atoms with van der Waals surface area (Å²) in [6.45, 7) is 1.79. The highest BCUT2D eigenvalue weighted by Gasteiger charge is 2.25. The molecule has 34 heavy (non-hydrogen) atoms. The second kappa shape index (κ2) is 8.83. The van der Waals surface area contributed by atoms with Crippen LogP contribution >= 0.6 is 0 Å². The van der Waals surface area contributed by atoms with Crippen LogP contribution in [-0.4, -0.2) is 18.8 Å². The lowest BCUT2D eigenvalue weighted by Crippen LogP contribution is -2.12. The van der Waals surface area contributed by atoms with Gasteiger partial charge in [0.05, 0.1) is 16.0 Å². The van der Waals surface area contributed by atoms with Gasteiger partial charge in [0, 0.05) is 35.7 Å².